The van der Waals surface area contributed by atoms with Gasteiger partial charge in [0.25, 0.3) is 0 Å². The number of ether oxygens (including phenoxy) is 1. The van der Waals surface area contributed by atoms with Crippen LogP contribution < -0.4 is 10.5 Å². The third-order valence-corrected chi connectivity index (χ3v) is 3.44. The van der Waals surface area contributed by atoms with Crippen molar-refractivity contribution in [3.63, 3.8) is 0 Å². The van der Waals surface area contributed by atoms with Gasteiger partial charge in [-0.25, -0.2) is 4.98 Å². The molecule has 0 aliphatic rings. The summed E-state index contributed by atoms with van der Waals surface area (Å²) in [5.74, 6) is 1.28. The molecular formula is C17H20N2OS. The van der Waals surface area contributed by atoms with Crippen LogP contribution in [0.25, 0.3) is 0 Å². The Morgan fingerprint density at radius 3 is 2.48 bits per heavy atom. The van der Waals surface area contributed by atoms with E-state index in [4.69, 9.17) is 22.7 Å². The summed E-state index contributed by atoms with van der Waals surface area (Å²) in [6.45, 7) is 8.60. The zero-order chi connectivity index (χ0) is 15.6. The summed E-state index contributed by atoms with van der Waals surface area (Å²) in [4.78, 5) is 4.56. The molecule has 21 heavy (non-hydrogen) atoms. The molecule has 0 spiro atoms. The van der Waals surface area contributed by atoms with Gasteiger partial charge in [0.15, 0.2) is 0 Å². The molecule has 4 heteroatoms. The van der Waals surface area contributed by atoms with Crippen LogP contribution in [0.3, 0.4) is 0 Å². The maximum absolute atomic E-state index is 5.84. The van der Waals surface area contributed by atoms with Crippen LogP contribution in [0.1, 0.15) is 37.6 Å². The van der Waals surface area contributed by atoms with Gasteiger partial charge in [0.2, 0.25) is 5.88 Å². The van der Waals surface area contributed by atoms with E-state index >= 15 is 0 Å². The maximum atomic E-state index is 5.84. The number of hydrogen-bond donors (Lipinski definition) is 1. The molecule has 0 bridgehead atoms. The van der Waals surface area contributed by atoms with Crippen molar-refractivity contribution in [2.45, 2.75) is 33.1 Å². The average molecular weight is 300 g/mol. The molecule has 0 aliphatic heterocycles. The van der Waals surface area contributed by atoms with Crippen LogP contribution in [0.5, 0.6) is 11.6 Å². The molecule has 0 saturated carbocycles. The number of nitrogens with two attached hydrogens (primary N) is 1. The van der Waals surface area contributed by atoms with Crippen molar-refractivity contribution in [2.75, 3.05) is 0 Å². The predicted molar refractivity (Wildman–Crippen MR) is 90.1 cm³/mol. The van der Waals surface area contributed by atoms with E-state index in [-0.39, 0.29) is 10.4 Å². The van der Waals surface area contributed by atoms with Gasteiger partial charge in [-0.05, 0) is 35.6 Å². The van der Waals surface area contributed by atoms with E-state index in [1.807, 2.05) is 19.1 Å². The summed E-state index contributed by atoms with van der Waals surface area (Å²) in [6.07, 6.45) is 0. The van der Waals surface area contributed by atoms with E-state index in [1.54, 1.807) is 12.1 Å². The Morgan fingerprint density at radius 1 is 1.19 bits per heavy atom. The monoisotopic (exact) mass is 300 g/mol. The standard InChI is InChI=1S/C17H20N2OS/c1-11-10-12(17(2,3)4)8-9-14(11)20-15-7-5-6-13(19-15)16(18)21/h5-10H,1-4H3,(H2,18,21). The number of pyridine rings is 1. The largest absolute Gasteiger partial charge is 0.439 e. The quantitative estimate of drug-likeness (QED) is 0.866. The summed E-state index contributed by atoms with van der Waals surface area (Å²) in [5, 5.41) is 0. The van der Waals surface area contributed by atoms with Gasteiger partial charge in [0.1, 0.15) is 16.4 Å². The van der Waals surface area contributed by atoms with Crippen molar-refractivity contribution < 1.29 is 4.74 Å². The number of rotatable bonds is 3. The summed E-state index contributed by atoms with van der Waals surface area (Å²) >= 11 is 4.93. The lowest BCUT2D eigenvalue weighted by molar-refractivity contribution is 0.458. The highest BCUT2D eigenvalue weighted by Crippen LogP contribution is 2.29. The SMILES string of the molecule is Cc1cc(C(C)(C)C)ccc1Oc1cccc(C(N)=S)n1. The molecule has 0 fully saturated rings. The molecule has 1 aromatic carbocycles. The molecule has 0 atom stereocenters. The van der Waals surface area contributed by atoms with Gasteiger partial charge < -0.3 is 10.5 Å². The van der Waals surface area contributed by atoms with Crippen LogP contribution in [-0.2, 0) is 5.41 Å². The average Bonchev–Trinajstić information content (AvgIpc) is 2.40. The van der Waals surface area contributed by atoms with E-state index in [0.29, 0.717) is 11.6 Å². The van der Waals surface area contributed by atoms with Gasteiger partial charge in [-0.15, -0.1) is 0 Å². The highest BCUT2D eigenvalue weighted by atomic mass is 32.1. The molecule has 2 rings (SSSR count). The zero-order valence-corrected chi connectivity index (χ0v) is 13.6. The number of benzene rings is 1. The molecule has 0 aliphatic carbocycles. The van der Waals surface area contributed by atoms with Crippen LogP contribution in [0.2, 0.25) is 0 Å². The van der Waals surface area contributed by atoms with Gasteiger partial charge in [-0.2, -0.15) is 0 Å². The molecule has 1 aromatic heterocycles. The molecule has 1 heterocycles. The first-order valence-electron chi connectivity index (χ1n) is 6.83. The number of thiocarbonyl (C=S) groups is 1. The normalized spacial score (nSPS) is 11.2. The second-order valence-electron chi connectivity index (χ2n) is 6.06. The number of aromatic nitrogens is 1. The Morgan fingerprint density at radius 2 is 1.90 bits per heavy atom. The van der Waals surface area contributed by atoms with E-state index in [0.717, 1.165) is 11.3 Å². The lowest BCUT2D eigenvalue weighted by atomic mass is 9.86. The summed E-state index contributed by atoms with van der Waals surface area (Å²) < 4.78 is 5.84. The predicted octanol–water partition coefficient (Wildman–Crippen LogP) is 4.11. The van der Waals surface area contributed by atoms with Gasteiger partial charge in [0, 0.05) is 6.07 Å². The Labute approximate surface area is 131 Å². The van der Waals surface area contributed by atoms with Gasteiger partial charge >= 0.3 is 0 Å². The fourth-order valence-electron chi connectivity index (χ4n) is 1.95. The van der Waals surface area contributed by atoms with Crippen molar-refractivity contribution in [3.8, 4) is 11.6 Å². The Bertz CT molecular complexity index is 675. The molecule has 2 aromatic rings. The molecular weight excluding hydrogens is 280 g/mol. The smallest absolute Gasteiger partial charge is 0.219 e. The van der Waals surface area contributed by atoms with Crippen LogP contribution in [0.4, 0.5) is 0 Å². The Hall–Kier alpha value is -1.94. The molecule has 3 nitrogen and oxygen atoms in total. The topological polar surface area (TPSA) is 48.1 Å². The first-order chi connectivity index (χ1) is 9.77. The minimum atomic E-state index is 0.118. The Balaban J connectivity index is 2.28. The van der Waals surface area contributed by atoms with E-state index < -0.39 is 0 Å². The number of nitrogens with zero attached hydrogens (tertiary/aromatic N) is 1. The lowest BCUT2D eigenvalue weighted by Crippen LogP contribution is -2.12. The molecule has 0 radical (unpaired) electrons. The van der Waals surface area contributed by atoms with Crippen LogP contribution in [-0.4, -0.2) is 9.97 Å². The maximum Gasteiger partial charge on any atom is 0.219 e. The fraction of sp³-hybridized carbons (Fsp3) is 0.294. The summed E-state index contributed by atoms with van der Waals surface area (Å²) in [7, 11) is 0. The minimum Gasteiger partial charge on any atom is -0.439 e. The van der Waals surface area contributed by atoms with Crippen molar-refractivity contribution in [1.29, 1.82) is 0 Å². The van der Waals surface area contributed by atoms with E-state index in [9.17, 15) is 0 Å². The van der Waals surface area contributed by atoms with Crippen LogP contribution >= 0.6 is 12.2 Å². The Kier molecular flexibility index (Phi) is 4.28. The van der Waals surface area contributed by atoms with Crippen molar-refractivity contribution in [2.24, 2.45) is 5.73 Å². The molecule has 2 N–H and O–H groups in total. The van der Waals surface area contributed by atoms with Gasteiger partial charge in [0.05, 0.1) is 0 Å². The minimum absolute atomic E-state index is 0.118. The highest BCUT2D eigenvalue weighted by molar-refractivity contribution is 7.80. The highest BCUT2D eigenvalue weighted by Gasteiger charge is 2.15. The first-order valence-corrected chi connectivity index (χ1v) is 7.24. The molecule has 0 saturated heterocycles. The van der Waals surface area contributed by atoms with Gasteiger partial charge in [-0.1, -0.05) is 51.2 Å². The van der Waals surface area contributed by atoms with Crippen molar-refractivity contribution >= 4 is 17.2 Å². The number of aryl methyl sites for hydroxylation is 1. The molecule has 110 valence electrons. The van der Waals surface area contributed by atoms with Gasteiger partial charge in [-0.3, -0.25) is 0 Å². The fourth-order valence-corrected chi connectivity index (χ4v) is 2.07. The van der Waals surface area contributed by atoms with E-state index in [1.165, 1.54) is 5.56 Å². The second kappa shape index (κ2) is 5.82. The van der Waals surface area contributed by atoms with E-state index in [2.05, 4.69) is 37.9 Å². The second-order valence-corrected chi connectivity index (χ2v) is 6.50. The molecule has 0 amide bonds. The lowest BCUT2D eigenvalue weighted by Gasteiger charge is -2.20. The molecule has 0 unspecified atom stereocenters. The first kappa shape index (κ1) is 15.4. The van der Waals surface area contributed by atoms with Crippen molar-refractivity contribution in [3.05, 3.63) is 53.2 Å². The third kappa shape index (κ3) is 3.79. The summed E-state index contributed by atoms with van der Waals surface area (Å²) in [6, 6.07) is 11.6. The summed E-state index contributed by atoms with van der Waals surface area (Å²) in [5.41, 5.74) is 8.62. The van der Waals surface area contributed by atoms with Crippen LogP contribution in [0, 0.1) is 6.92 Å². The zero-order valence-electron chi connectivity index (χ0n) is 12.8. The van der Waals surface area contributed by atoms with Crippen LogP contribution in [0.15, 0.2) is 36.4 Å². The number of hydrogen-bond acceptors (Lipinski definition) is 3. The third-order valence-electron chi connectivity index (χ3n) is 3.23. The van der Waals surface area contributed by atoms with Crippen molar-refractivity contribution in [1.82, 2.24) is 4.98 Å².